The van der Waals surface area contributed by atoms with E-state index in [1.54, 1.807) is 36.8 Å². The van der Waals surface area contributed by atoms with Gasteiger partial charge in [-0.1, -0.05) is 0 Å². The summed E-state index contributed by atoms with van der Waals surface area (Å²) in [5.74, 6) is 0.516. The van der Waals surface area contributed by atoms with Crippen molar-refractivity contribution >= 4 is 23.1 Å². The lowest BCUT2D eigenvalue weighted by Crippen LogP contribution is -2.34. The summed E-state index contributed by atoms with van der Waals surface area (Å²) in [5, 5.41) is 7.08. The number of anilines is 1. The van der Waals surface area contributed by atoms with Crippen LogP contribution < -0.4 is 10.1 Å². The smallest absolute Gasteiger partial charge is 0.322 e. The molecule has 3 rings (SSSR count). The number of nitrogens with one attached hydrogen (secondary N) is 1. The van der Waals surface area contributed by atoms with Crippen molar-refractivity contribution in [3.05, 3.63) is 40.7 Å². The second kappa shape index (κ2) is 8.12. The molecule has 0 saturated carbocycles. The third-order valence-corrected chi connectivity index (χ3v) is 4.67. The van der Waals surface area contributed by atoms with E-state index in [-0.39, 0.29) is 12.1 Å². The number of nitrogens with zero attached hydrogens (tertiary/aromatic N) is 2. The Morgan fingerprint density at radius 3 is 3.04 bits per heavy atom. The van der Waals surface area contributed by atoms with E-state index in [9.17, 15) is 4.79 Å². The fraction of sp³-hybridized carbons (Fsp3) is 0.412. The van der Waals surface area contributed by atoms with Gasteiger partial charge in [0.1, 0.15) is 6.61 Å². The molecular weight excluding hydrogens is 326 g/mol. The molecule has 1 aliphatic rings. The van der Waals surface area contributed by atoms with Gasteiger partial charge in [-0.25, -0.2) is 9.78 Å². The topological polar surface area (TPSA) is 63.7 Å². The number of carbonyl (C=O) groups is 1. The Morgan fingerprint density at radius 2 is 2.33 bits per heavy atom. The van der Waals surface area contributed by atoms with E-state index < -0.39 is 0 Å². The molecule has 0 aliphatic carbocycles. The molecule has 0 spiro atoms. The number of likely N-dealkylation sites (tertiary alicyclic amines) is 1. The normalized spacial score (nSPS) is 17.0. The van der Waals surface area contributed by atoms with Crippen LogP contribution in [0.1, 0.15) is 24.4 Å². The molecule has 1 N–H and O–H groups in total. The summed E-state index contributed by atoms with van der Waals surface area (Å²) < 4.78 is 10.3. The molecule has 2 aromatic heterocycles. The van der Waals surface area contributed by atoms with Crippen LogP contribution in [0.2, 0.25) is 0 Å². The number of aromatic nitrogens is 1. The Kier molecular flexibility index (Phi) is 5.66. The first-order chi connectivity index (χ1) is 11.8. The van der Waals surface area contributed by atoms with Crippen LogP contribution in [-0.4, -0.2) is 42.8 Å². The fourth-order valence-electron chi connectivity index (χ4n) is 2.79. The van der Waals surface area contributed by atoms with Gasteiger partial charge in [0.15, 0.2) is 0 Å². The summed E-state index contributed by atoms with van der Waals surface area (Å²) in [6.45, 7) is 1.74. The van der Waals surface area contributed by atoms with E-state index in [1.807, 2.05) is 4.90 Å². The second-order valence-electron chi connectivity index (χ2n) is 5.56. The summed E-state index contributed by atoms with van der Waals surface area (Å²) in [7, 11) is 1.62. The summed E-state index contributed by atoms with van der Waals surface area (Å²) in [4.78, 5) is 18.6. The Hall–Kier alpha value is -2.12. The van der Waals surface area contributed by atoms with Gasteiger partial charge in [-0.2, -0.15) is 11.3 Å². The largest absolute Gasteiger partial charge is 0.475 e. The number of ether oxygens (including phenoxy) is 2. The Balaban J connectivity index is 1.58. The van der Waals surface area contributed by atoms with Crippen molar-refractivity contribution in [2.75, 3.05) is 32.2 Å². The van der Waals surface area contributed by atoms with Gasteiger partial charge in [0.25, 0.3) is 0 Å². The van der Waals surface area contributed by atoms with Crippen LogP contribution in [0.25, 0.3) is 0 Å². The van der Waals surface area contributed by atoms with E-state index >= 15 is 0 Å². The molecule has 0 bridgehead atoms. The van der Waals surface area contributed by atoms with E-state index in [4.69, 9.17) is 9.47 Å². The lowest BCUT2D eigenvalue weighted by atomic mass is 10.1. The summed E-state index contributed by atoms with van der Waals surface area (Å²) in [6.07, 6.45) is 3.64. The Bertz CT molecular complexity index is 646. The third-order valence-electron chi connectivity index (χ3n) is 3.97. The SMILES string of the molecule is COCCOc1ccc(NC(=O)N2CCC[C@@H]2c2ccsc2)cn1. The maximum Gasteiger partial charge on any atom is 0.322 e. The highest BCUT2D eigenvalue weighted by Gasteiger charge is 2.30. The zero-order valence-corrected chi connectivity index (χ0v) is 14.4. The van der Waals surface area contributed by atoms with Gasteiger partial charge in [0.05, 0.1) is 24.5 Å². The number of rotatable bonds is 6. The minimum Gasteiger partial charge on any atom is -0.475 e. The zero-order chi connectivity index (χ0) is 16.8. The van der Waals surface area contributed by atoms with Gasteiger partial charge < -0.3 is 19.7 Å². The Labute approximate surface area is 145 Å². The number of hydrogen-bond donors (Lipinski definition) is 1. The summed E-state index contributed by atoms with van der Waals surface area (Å²) in [6, 6.07) is 5.71. The lowest BCUT2D eigenvalue weighted by Gasteiger charge is -2.24. The molecule has 0 unspecified atom stereocenters. The van der Waals surface area contributed by atoms with Crippen molar-refractivity contribution in [1.29, 1.82) is 0 Å². The minimum absolute atomic E-state index is 0.0847. The molecule has 24 heavy (non-hydrogen) atoms. The first-order valence-corrected chi connectivity index (χ1v) is 8.89. The van der Waals surface area contributed by atoms with E-state index in [0.717, 1.165) is 19.4 Å². The maximum atomic E-state index is 12.6. The molecule has 0 aromatic carbocycles. The van der Waals surface area contributed by atoms with Crippen molar-refractivity contribution in [3.63, 3.8) is 0 Å². The predicted octanol–water partition coefficient (Wildman–Crippen LogP) is 3.54. The number of hydrogen-bond acceptors (Lipinski definition) is 5. The number of amides is 2. The van der Waals surface area contributed by atoms with Crippen molar-refractivity contribution < 1.29 is 14.3 Å². The molecular formula is C17H21N3O3S. The highest BCUT2D eigenvalue weighted by Crippen LogP contribution is 2.33. The van der Waals surface area contributed by atoms with Gasteiger partial charge in [0, 0.05) is 19.7 Å². The van der Waals surface area contributed by atoms with E-state index in [1.165, 1.54) is 5.56 Å². The number of methoxy groups -OCH3 is 1. The average molecular weight is 347 g/mol. The number of carbonyl (C=O) groups excluding carboxylic acids is 1. The van der Waals surface area contributed by atoms with Gasteiger partial charge in [0.2, 0.25) is 5.88 Å². The monoisotopic (exact) mass is 347 g/mol. The van der Waals surface area contributed by atoms with Crippen LogP contribution in [-0.2, 0) is 4.74 Å². The van der Waals surface area contributed by atoms with E-state index in [0.29, 0.717) is 24.8 Å². The highest BCUT2D eigenvalue weighted by molar-refractivity contribution is 7.07. The van der Waals surface area contributed by atoms with Crippen LogP contribution in [0.5, 0.6) is 5.88 Å². The van der Waals surface area contributed by atoms with Crippen LogP contribution in [0.4, 0.5) is 10.5 Å². The second-order valence-corrected chi connectivity index (χ2v) is 6.34. The van der Waals surface area contributed by atoms with Crippen molar-refractivity contribution in [2.24, 2.45) is 0 Å². The Morgan fingerprint density at radius 1 is 1.42 bits per heavy atom. The molecule has 1 atom stereocenters. The predicted molar refractivity (Wildman–Crippen MR) is 93.6 cm³/mol. The average Bonchev–Trinajstić information content (AvgIpc) is 3.27. The zero-order valence-electron chi connectivity index (χ0n) is 13.6. The molecule has 3 heterocycles. The van der Waals surface area contributed by atoms with Gasteiger partial charge in [-0.05, 0) is 41.3 Å². The van der Waals surface area contributed by atoms with Crippen molar-refractivity contribution in [3.8, 4) is 5.88 Å². The molecule has 2 aromatic rings. The minimum atomic E-state index is -0.0847. The molecule has 7 heteroatoms. The van der Waals surface area contributed by atoms with Crippen molar-refractivity contribution in [1.82, 2.24) is 9.88 Å². The van der Waals surface area contributed by atoms with Crippen molar-refractivity contribution in [2.45, 2.75) is 18.9 Å². The maximum absolute atomic E-state index is 12.6. The number of urea groups is 1. The van der Waals surface area contributed by atoms with Gasteiger partial charge >= 0.3 is 6.03 Å². The fourth-order valence-corrected chi connectivity index (χ4v) is 3.49. The van der Waals surface area contributed by atoms with Crippen LogP contribution in [0.3, 0.4) is 0 Å². The van der Waals surface area contributed by atoms with Gasteiger partial charge in [-0.3, -0.25) is 0 Å². The van der Waals surface area contributed by atoms with Crippen LogP contribution >= 0.6 is 11.3 Å². The van der Waals surface area contributed by atoms with E-state index in [2.05, 4.69) is 27.1 Å². The molecule has 1 fully saturated rings. The first kappa shape index (κ1) is 16.7. The summed E-state index contributed by atoms with van der Waals surface area (Å²) >= 11 is 1.66. The molecule has 2 amide bonds. The highest BCUT2D eigenvalue weighted by atomic mass is 32.1. The molecule has 6 nitrogen and oxygen atoms in total. The van der Waals surface area contributed by atoms with Gasteiger partial charge in [-0.15, -0.1) is 0 Å². The quantitative estimate of drug-likeness (QED) is 0.812. The van der Waals surface area contributed by atoms with Crippen LogP contribution in [0.15, 0.2) is 35.2 Å². The van der Waals surface area contributed by atoms with Crippen LogP contribution in [0, 0.1) is 0 Å². The first-order valence-electron chi connectivity index (χ1n) is 7.95. The molecule has 0 radical (unpaired) electrons. The third kappa shape index (κ3) is 4.04. The lowest BCUT2D eigenvalue weighted by molar-refractivity contribution is 0.144. The molecule has 1 aliphatic heterocycles. The number of thiophene rings is 1. The molecule has 128 valence electrons. The summed E-state index contributed by atoms with van der Waals surface area (Å²) in [5.41, 5.74) is 1.88. The number of pyridine rings is 1. The molecule has 1 saturated heterocycles. The standard InChI is InChI=1S/C17H21N3O3S/c1-22-8-9-23-16-5-4-14(11-18-16)19-17(21)20-7-2-3-15(20)13-6-10-24-12-13/h4-6,10-12,15H,2-3,7-9H2,1H3,(H,19,21)/t15-/m1/s1.